The number of nitriles is 1. The van der Waals surface area contributed by atoms with Crippen molar-refractivity contribution in [1.29, 1.82) is 5.26 Å². The van der Waals surface area contributed by atoms with Crippen molar-refractivity contribution in [2.75, 3.05) is 12.3 Å². The highest BCUT2D eigenvalue weighted by Gasteiger charge is 2.28. The summed E-state index contributed by atoms with van der Waals surface area (Å²) in [4.78, 5) is 17.6. The van der Waals surface area contributed by atoms with Crippen molar-refractivity contribution < 1.29 is 9.21 Å². The van der Waals surface area contributed by atoms with Crippen molar-refractivity contribution in [3.05, 3.63) is 46.6 Å². The molecule has 1 fully saturated rings. The van der Waals surface area contributed by atoms with E-state index in [2.05, 4.69) is 20.9 Å². The van der Waals surface area contributed by atoms with Gasteiger partial charge in [0.2, 0.25) is 6.19 Å². The van der Waals surface area contributed by atoms with Crippen molar-refractivity contribution in [2.24, 2.45) is 4.99 Å². The summed E-state index contributed by atoms with van der Waals surface area (Å²) in [6.07, 6.45) is 1.72. The number of rotatable bonds is 2. The number of amidine groups is 1. The minimum absolute atomic E-state index is 0.242. The summed E-state index contributed by atoms with van der Waals surface area (Å²) in [5.74, 6) is 1.32. The molecule has 5 nitrogen and oxygen atoms in total. The number of hydrogen-bond acceptors (Lipinski definition) is 5. The lowest BCUT2D eigenvalue weighted by atomic mass is 10.2. The van der Waals surface area contributed by atoms with E-state index in [1.807, 2.05) is 24.3 Å². The van der Waals surface area contributed by atoms with E-state index in [1.54, 1.807) is 18.3 Å². The van der Waals surface area contributed by atoms with Gasteiger partial charge < -0.3 is 4.42 Å². The van der Waals surface area contributed by atoms with Gasteiger partial charge in [-0.25, -0.2) is 0 Å². The van der Waals surface area contributed by atoms with Crippen LogP contribution in [0.2, 0.25) is 0 Å². The first kappa shape index (κ1) is 14.9. The van der Waals surface area contributed by atoms with Crippen LogP contribution in [0, 0.1) is 11.5 Å². The molecule has 0 saturated carbocycles. The quantitative estimate of drug-likeness (QED) is 0.749. The van der Waals surface area contributed by atoms with Crippen LogP contribution in [0.25, 0.3) is 11.3 Å². The number of carbonyl (C=O) groups is 1. The zero-order chi connectivity index (χ0) is 15.5. The standard InChI is InChI=1S/C15H10BrN3O2S/c16-11-3-1-10(2-4-11)12-5-6-13(21-12)14(20)19-7-8-22-15(19)18-9-17/h1-6H,7-8H2. The fourth-order valence-electron chi connectivity index (χ4n) is 2.08. The zero-order valence-electron chi connectivity index (χ0n) is 11.3. The minimum Gasteiger partial charge on any atom is -0.451 e. The Balaban J connectivity index is 1.84. The largest absolute Gasteiger partial charge is 0.451 e. The summed E-state index contributed by atoms with van der Waals surface area (Å²) in [7, 11) is 0. The highest BCUT2D eigenvalue weighted by molar-refractivity contribution is 9.10. The highest BCUT2D eigenvalue weighted by atomic mass is 79.9. The van der Waals surface area contributed by atoms with Crippen LogP contribution in [-0.4, -0.2) is 28.3 Å². The number of halogens is 1. The lowest BCUT2D eigenvalue weighted by Crippen LogP contribution is -2.31. The topological polar surface area (TPSA) is 69.6 Å². The second-order valence-corrected chi connectivity index (χ2v) is 6.45. The lowest BCUT2D eigenvalue weighted by molar-refractivity contribution is 0.0830. The number of nitrogens with zero attached hydrogens (tertiary/aromatic N) is 3. The van der Waals surface area contributed by atoms with Gasteiger partial charge in [0.05, 0.1) is 0 Å². The van der Waals surface area contributed by atoms with E-state index in [4.69, 9.17) is 9.68 Å². The molecule has 1 saturated heterocycles. The van der Waals surface area contributed by atoms with Crippen molar-refractivity contribution in [3.63, 3.8) is 0 Å². The van der Waals surface area contributed by atoms with Crippen molar-refractivity contribution in [1.82, 2.24) is 4.90 Å². The third-order valence-corrected chi connectivity index (χ3v) is 4.60. The molecule has 1 aliphatic heterocycles. The number of amides is 1. The Morgan fingerprint density at radius 3 is 2.82 bits per heavy atom. The van der Waals surface area contributed by atoms with E-state index in [0.29, 0.717) is 17.5 Å². The van der Waals surface area contributed by atoms with Gasteiger partial charge in [0, 0.05) is 22.3 Å². The highest BCUT2D eigenvalue weighted by Crippen LogP contribution is 2.26. The van der Waals surface area contributed by atoms with Crippen molar-refractivity contribution >= 4 is 38.8 Å². The maximum Gasteiger partial charge on any atom is 0.295 e. The van der Waals surface area contributed by atoms with E-state index in [0.717, 1.165) is 15.8 Å². The van der Waals surface area contributed by atoms with Crippen LogP contribution >= 0.6 is 27.7 Å². The smallest absolute Gasteiger partial charge is 0.295 e. The summed E-state index contributed by atoms with van der Waals surface area (Å²) in [6, 6.07) is 11.0. The summed E-state index contributed by atoms with van der Waals surface area (Å²) < 4.78 is 6.63. The number of carbonyl (C=O) groups excluding carboxylic acids is 1. The van der Waals surface area contributed by atoms with Gasteiger partial charge in [0.1, 0.15) is 5.76 Å². The molecule has 2 aromatic rings. The molecule has 1 aromatic heterocycles. The molecule has 0 N–H and O–H groups in total. The first-order valence-corrected chi connectivity index (χ1v) is 8.24. The molecule has 0 atom stereocenters. The average Bonchev–Trinajstić information content (AvgIpc) is 3.17. The van der Waals surface area contributed by atoms with Crippen molar-refractivity contribution in [2.45, 2.75) is 0 Å². The monoisotopic (exact) mass is 375 g/mol. The third-order valence-electron chi connectivity index (χ3n) is 3.11. The molecule has 0 unspecified atom stereocenters. The number of hydrogen-bond donors (Lipinski definition) is 0. The number of thioether (sulfide) groups is 1. The van der Waals surface area contributed by atoms with E-state index in [1.165, 1.54) is 16.7 Å². The SMILES string of the molecule is N#CN=C1SCCN1C(=O)c1ccc(-c2ccc(Br)cc2)o1. The minimum atomic E-state index is -0.276. The summed E-state index contributed by atoms with van der Waals surface area (Å²) in [6.45, 7) is 0.526. The van der Waals surface area contributed by atoms with E-state index < -0.39 is 0 Å². The van der Waals surface area contributed by atoms with Gasteiger partial charge >= 0.3 is 0 Å². The van der Waals surface area contributed by atoms with Crippen LogP contribution in [0.15, 0.2) is 50.3 Å². The molecule has 0 radical (unpaired) electrons. The van der Waals surface area contributed by atoms with Crippen LogP contribution in [0.3, 0.4) is 0 Å². The molecule has 22 heavy (non-hydrogen) atoms. The van der Waals surface area contributed by atoms with E-state index >= 15 is 0 Å². The fourth-order valence-corrected chi connectivity index (χ4v) is 3.24. The Morgan fingerprint density at radius 1 is 1.32 bits per heavy atom. The molecular formula is C15H10BrN3O2S. The Hall–Kier alpha value is -2.04. The van der Waals surface area contributed by atoms with Gasteiger partial charge in [-0.2, -0.15) is 5.26 Å². The summed E-state index contributed by atoms with van der Waals surface area (Å²) in [5, 5.41) is 9.08. The molecule has 1 aromatic carbocycles. The normalized spacial score (nSPS) is 16.0. The first-order chi connectivity index (χ1) is 10.7. The average molecular weight is 376 g/mol. The van der Waals surface area contributed by atoms with Gasteiger partial charge in [0.15, 0.2) is 10.9 Å². The van der Waals surface area contributed by atoms with Gasteiger partial charge in [0.25, 0.3) is 5.91 Å². The molecular weight excluding hydrogens is 366 g/mol. The molecule has 1 amide bonds. The molecule has 2 heterocycles. The van der Waals surface area contributed by atoms with Gasteiger partial charge in [-0.15, -0.1) is 4.99 Å². The second-order valence-electron chi connectivity index (χ2n) is 4.47. The molecule has 0 spiro atoms. The van der Waals surface area contributed by atoms with E-state index in [-0.39, 0.29) is 11.7 Å². The zero-order valence-corrected chi connectivity index (χ0v) is 13.7. The predicted octanol–water partition coefficient (Wildman–Crippen LogP) is 3.74. The second kappa shape index (κ2) is 6.38. The van der Waals surface area contributed by atoms with Crippen molar-refractivity contribution in [3.8, 4) is 17.5 Å². The van der Waals surface area contributed by atoms with Crippen LogP contribution in [0.5, 0.6) is 0 Å². The Kier molecular flexibility index (Phi) is 4.32. The number of aliphatic imine (C=N–C) groups is 1. The molecule has 0 bridgehead atoms. The Bertz CT molecular complexity index is 777. The van der Waals surface area contributed by atoms with Crippen LogP contribution < -0.4 is 0 Å². The molecule has 110 valence electrons. The van der Waals surface area contributed by atoms with Crippen LogP contribution in [0.1, 0.15) is 10.6 Å². The predicted molar refractivity (Wildman–Crippen MR) is 88.4 cm³/mol. The molecule has 3 rings (SSSR count). The van der Waals surface area contributed by atoms with E-state index in [9.17, 15) is 4.79 Å². The molecule has 7 heteroatoms. The Morgan fingerprint density at radius 2 is 2.09 bits per heavy atom. The summed E-state index contributed by atoms with van der Waals surface area (Å²) >= 11 is 4.77. The first-order valence-electron chi connectivity index (χ1n) is 6.46. The maximum absolute atomic E-state index is 12.5. The lowest BCUT2D eigenvalue weighted by Gasteiger charge is -2.12. The van der Waals surface area contributed by atoms with Gasteiger partial charge in [-0.1, -0.05) is 39.8 Å². The third kappa shape index (κ3) is 2.93. The molecule has 1 aliphatic rings. The number of benzene rings is 1. The maximum atomic E-state index is 12.5. The van der Waals surface area contributed by atoms with Gasteiger partial charge in [-0.3, -0.25) is 9.69 Å². The Labute approximate surface area is 139 Å². The fraction of sp³-hybridized carbons (Fsp3) is 0.133. The number of furan rings is 1. The van der Waals surface area contributed by atoms with Crippen LogP contribution in [0.4, 0.5) is 0 Å². The van der Waals surface area contributed by atoms with Crippen LogP contribution in [-0.2, 0) is 0 Å². The van der Waals surface area contributed by atoms with Gasteiger partial charge in [-0.05, 0) is 24.3 Å². The molecule has 0 aliphatic carbocycles. The summed E-state index contributed by atoms with van der Waals surface area (Å²) in [5.41, 5.74) is 0.893.